The molecule has 0 fully saturated rings. The Labute approximate surface area is 110 Å². The van der Waals surface area contributed by atoms with E-state index < -0.39 is 12.0 Å². The Kier molecular flexibility index (Phi) is 5.09. The highest BCUT2D eigenvalue weighted by molar-refractivity contribution is 6.32. The quantitative estimate of drug-likeness (QED) is 0.832. The molecule has 6 heteroatoms. The van der Waals surface area contributed by atoms with Crippen molar-refractivity contribution in [2.24, 2.45) is 0 Å². The maximum atomic E-state index is 12.2. The highest BCUT2D eigenvalue weighted by Gasteiger charge is 2.23. The first-order chi connectivity index (χ1) is 8.47. The lowest BCUT2D eigenvalue weighted by Crippen LogP contribution is -2.39. The predicted octanol–water partition coefficient (Wildman–Crippen LogP) is 2.06. The number of carbonyl (C=O) groups is 2. The highest BCUT2D eigenvalue weighted by Crippen LogP contribution is 2.16. The summed E-state index contributed by atoms with van der Waals surface area (Å²) in [5, 5.41) is 8.89. The zero-order valence-corrected chi connectivity index (χ0v) is 11.0. The summed E-state index contributed by atoms with van der Waals surface area (Å²) in [6.07, 6.45) is 1.40. The largest absolute Gasteiger partial charge is 0.481 e. The number of rotatable bonds is 5. The Bertz CT molecular complexity index is 451. The minimum absolute atomic E-state index is 0.0997. The van der Waals surface area contributed by atoms with Gasteiger partial charge in [-0.05, 0) is 26.0 Å². The van der Waals surface area contributed by atoms with Crippen LogP contribution in [0.2, 0.25) is 5.15 Å². The van der Waals surface area contributed by atoms with Crippen LogP contribution in [-0.4, -0.2) is 39.5 Å². The van der Waals surface area contributed by atoms with Crippen molar-refractivity contribution in [3.63, 3.8) is 0 Å². The van der Waals surface area contributed by atoms with Gasteiger partial charge in [0, 0.05) is 18.8 Å². The summed E-state index contributed by atoms with van der Waals surface area (Å²) in [6, 6.07) is 2.80. The summed E-state index contributed by atoms with van der Waals surface area (Å²) in [5.41, 5.74) is 0.290. The fourth-order valence-electron chi connectivity index (χ4n) is 1.72. The molecule has 1 N–H and O–H groups in total. The molecule has 1 atom stereocenters. The molecular weight excluding hydrogens is 256 g/mol. The van der Waals surface area contributed by atoms with Crippen LogP contribution in [0.3, 0.4) is 0 Å². The molecule has 1 rings (SSSR count). The lowest BCUT2D eigenvalue weighted by Gasteiger charge is -2.27. The van der Waals surface area contributed by atoms with Gasteiger partial charge in [0.05, 0.1) is 12.0 Å². The first kappa shape index (κ1) is 14.4. The Morgan fingerprint density at radius 2 is 2.22 bits per heavy atom. The molecule has 0 aliphatic heterocycles. The summed E-state index contributed by atoms with van der Waals surface area (Å²) < 4.78 is 0. The fourth-order valence-corrected chi connectivity index (χ4v) is 1.92. The molecular formula is C12H15ClN2O3. The van der Waals surface area contributed by atoms with E-state index in [1.807, 2.05) is 0 Å². The molecule has 0 aliphatic rings. The number of halogens is 1. The van der Waals surface area contributed by atoms with E-state index in [1.165, 1.54) is 11.1 Å². The van der Waals surface area contributed by atoms with Gasteiger partial charge in [-0.25, -0.2) is 4.98 Å². The molecule has 0 bridgehead atoms. The van der Waals surface area contributed by atoms with Gasteiger partial charge in [-0.2, -0.15) is 0 Å². The first-order valence-corrected chi connectivity index (χ1v) is 5.98. The van der Waals surface area contributed by atoms with Gasteiger partial charge in [-0.15, -0.1) is 0 Å². The SMILES string of the molecule is CCN(C(=O)c1cccnc1Cl)C(C)CC(=O)O. The zero-order chi connectivity index (χ0) is 13.7. The molecule has 0 saturated heterocycles. The van der Waals surface area contributed by atoms with Crippen LogP contribution >= 0.6 is 11.6 Å². The molecule has 0 aliphatic carbocycles. The normalized spacial score (nSPS) is 11.9. The van der Waals surface area contributed by atoms with Crippen LogP contribution in [0, 0.1) is 0 Å². The predicted molar refractivity (Wildman–Crippen MR) is 67.7 cm³/mol. The number of hydrogen-bond acceptors (Lipinski definition) is 3. The van der Waals surface area contributed by atoms with Gasteiger partial charge < -0.3 is 10.0 Å². The van der Waals surface area contributed by atoms with Gasteiger partial charge in [0.25, 0.3) is 5.91 Å². The van der Waals surface area contributed by atoms with Crippen molar-refractivity contribution in [3.8, 4) is 0 Å². The lowest BCUT2D eigenvalue weighted by molar-refractivity contribution is -0.138. The molecule has 5 nitrogen and oxygen atoms in total. The Morgan fingerprint density at radius 3 is 2.72 bits per heavy atom. The first-order valence-electron chi connectivity index (χ1n) is 5.60. The Morgan fingerprint density at radius 1 is 1.56 bits per heavy atom. The molecule has 0 aromatic carbocycles. The number of pyridine rings is 1. The fraction of sp³-hybridized carbons (Fsp3) is 0.417. The second-order valence-electron chi connectivity index (χ2n) is 3.88. The molecule has 0 saturated carbocycles. The van der Waals surface area contributed by atoms with E-state index in [4.69, 9.17) is 16.7 Å². The minimum atomic E-state index is -0.939. The number of amides is 1. The van der Waals surface area contributed by atoms with E-state index in [0.29, 0.717) is 12.1 Å². The smallest absolute Gasteiger partial charge is 0.305 e. The van der Waals surface area contributed by atoms with Crippen LogP contribution in [0.15, 0.2) is 18.3 Å². The third-order valence-corrected chi connectivity index (χ3v) is 2.89. The van der Waals surface area contributed by atoms with E-state index in [9.17, 15) is 9.59 Å². The topological polar surface area (TPSA) is 70.5 Å². The van der Waals surface area contributed by atoms with Crippen LogP contribution < -0.4 is 0 Å². The average molecular weight is 271 g/mol. The summed E-state index contributed by atoms with van der Waals surface area (Å²) >= 11 is 5.86. The number of hydrogen-bond donors (Lipinski definition) is 1. The molecule has 0 radical (unpaired) electrons. The third kappa shape index (κ3) is 3.43. The van der Waals surface area contributed by atoms with Crippen molar-refractivity contribution in [2.45, 2.75) is 26.3 Å². The molecule has 1 amide bonds. The van der Waals surface area contributed by atoms with Crippen LogP contribution in [0.4, 0.5) is 0 Å². The Balaban J connectivity index is 2.92. The van der Waals surface area contributed by atoms with Crippen molar-refractivity contribution >= 4 is 23.5 Å². The van der Waals surface area contributed by atoms with Gasteiger partial charge >= 0.3 is 5.97 Å². The minimum Gasteiger partial charge on any atom is -0.481 e. The number of carboxylic acids is 1. The summed E-state index contributed by atoms with van der Waals surface area (Å²) in [5.74, 6) is -1.24. The Hall–Kier alpha value is -1.62. The van der Waals surface area contributed by atoms with Gasteiger partial charge in [0.15, 0.2) is 0 Å². The van der Waals surface area contributed by atoms with Gasteiger partial charge in [-0.1, -0.05) is 11.6 Å². The van der Waals surface area contributed by atoms with E-state index in [0.717, 1.165) is 0 Å². The van der Waals surface area contributed by atoms with E-state index >= 15 is 0 Å². The number of nitrogens with zero attached hydrogens (tertiary/aromatic N) is 2. The maximum Gasteiger partial charge on any atom is 0.305 e. The van der Waals surface area contributed by atoms with E-state index in [1.54, 1.807) is 26.0 Å². The monoisotopic (exact) mass is 270 g/mol. The molecule has 98 valence electrons. The third-order valence-electron chi connectivity index (χ3n) is 2.59. The second kappa shape index (κ2) is 6.35. The summed E-state index contributed by atoms with van der Waals surface area (Å²) in [6.45, 7) is 3.90. The number of carbonyl (C=O) groups excluding carboxylic acids is 1. The molecule has 0 spiro atoms. The number of aromatic nitrogens is 1. The molecule has 1 aromatic rings. The van der Waals surface area contributed by atoms with Crippen molar-refractivity contribution in [1.29, 1.82) is 0 Å². The summed E-state index contributed by atoms with van der Waals surface area (Å²) in [7, 11) is 0. The molecule has 1 unspecified atom stereocenters. The van der Waals surface area contributed by atoms with Crippen molar-refractivity contribution in [1.82, 2.24) is 9.88 Å². The highest BCUT2D eigenvalue weighted by atomic mass is 35.5. The van der Waals surface area contributed by atoms with Gasteiger partial charge in [0.2, 0.25) is 0 Å². The summed E-state index contributed by atoms with van der Waals surface area (Å²) in [4.78, 5) is 28.2. The van der Waals surface area contributed by atoms with Gasteiger partial charge in [-0.3, -0.25) is 9.59 Å². The average Bonchev–Trinajstić information content (AvgIpc) is 2.29. The van der Waals surface area contributed by atoms with Crippen LogP contribution in [0.1, 0.15) is 30.6 Å². The standard InChI is InChI=1S/C12H15ClN2O3/c1-3-15(8(2)7-10(16)17)12(18)9-5-4-6-14-11(9)13/h4-6,8H,3,7H2,1-2H3,(H,16,17). The number of aliphatic carboxylic acids is 1. The van der Waals surface area contributed by atoms with Crippen LogP contribution in [0.25, 0.3) is 0 Å². The van der Waals surface area contributed by atoms with Crippen molar-refractivity contribution in [3.05, 3.63) is 29.0 Å². The molecule has 18 heavy (non-hydrogen) atoms. The van der Waals surface area contributed by atoms with Crippen molar-refractivity contribution < 1.29 is 14.7 Å². The van der Waals surface area contributed by atoms with E-state index in [2.05, 4.69) is 4.98 Å². The molecule has 1 heterocycles. The second-order valence-corrected chi connectivity index (χ2v) is 4.24. The van der Waals surface area contributed by atoms with Crippen LogP contribution in [0.5, 0.6) is 0 Å². The maximum absolute atomic E-state index is 12.2. The number of carboxylic acid groups (broad SMARTS) is 1. The van der Waals surface area contributed by atoms with Crippen molar-refractivity contribution in [2.75, 3.05) is 6.54 Å². The van der Waals surface area contributed by atoms with Gasteiger partial charge in [0.1, 0.15) is 5.15 Å². The van der Waals surface area contributed by atoms with Crippen LogP contribution in [-0.2, 0) is 4.79 Å². The lowest BCUT2D eigenvalue weighted by atomic mass is 10.1. The van der Waals surface area contributed by atoms with E-state index in [-0.39, 0.29) is 17.5 Å². The zero-order valence-electron chi connectivity index (χ0n) is 10.3. The molecule has 1 aromatic heterocycles.